The van der Waals surface area contributed by atoms with Crippen LogP contribution in [0.15, 0.2) is 122 Å². The zero-order valence-electron chi connectivity index (χ0n) is 37.6. The number of phosphoric ester groups is 1. The molecule has 3 N–H and O–H groups in total. The second-order valence-electron chi connectivity index (χ2n) is 14.5. The molecule has 0 spiro atoms. The maximum Gasteiger partial charge on any atom is 0.472 e. The fraction of sp³-hybridized carbons (Fsp3) is 0.588. The number of carbonyl (C=O) groups is 1. The van der Waals surface area contributed by atoms with Crippen LogP contribution in [0.2, 0.25) is 0 Å². The molecule has 0 saturated carbocycles. The van der Waals surface area contributed by atoms with Gasteiger partial charge in [-0.1, -0.05) is 167 Å². The molecule has 0 aliphatic heterocycles. The summed E-state index contributed by atoms with van der Waals surface area (Å²) in [5, 5.41) is 0. The van der Waals surface area contributed by atoms with Crippen molar-refractivity contribution in [3.63, 3.8) is 0 Å². The normalized spacial score (nSPS) is 14.5. The second-order valence-corrected chi connectivity index (χ2v) is 16.0. The number of hydrogen-bond acceptors (Lipinski definition) is 7. The van der Waals surface area contributed by atoms with Crippen molar-refractivity contribution in [2.75, 3.05) is 33.0 Å². The highest BCUT2D eigenvalue weighted by atomic mass is 31.2. The molecule has 0 aromatic carbocycles. The maximum absolute atomic E-state index is 12.6. The smallest absolute Gasteiger partial charge is 0.457 e. The van der Waals surface area contributed by atoms with Crippen molar-refractivity contribution in [3.05, 3.63) is 122 Å². The van der Waals surface area contributed by atoms with Crippen LogP contribution in [0.4, 0.5) is 0 Å². The Morgan fingerprint density at radius 1 is 0.500 bits per heavy atom. The average molecular weight is 854 g/mol. The Kier molecular flexibility index (Phi) is 44.5. The molecule has 0 amide bonds. The lowest BCUT2D eigenvalue weighted by atomic mass is 10.1. The lowest BCUT2D eigenvalue weighted by Gasteiger charge is -2.20. The summed E-state index contributed by atoms with van der Waals surface area (Å²) >= 11 is 0. The molecule has 0 aromatic heterocycles. The summed E-state index contributed by atoms with van der Waals surface area (Å²) in [5.41, 5.74) is 5.37. The molecule has 340 valence electrons. The van der Waals surface area contributed by atoms with Gasteiger partial charge in [-0.3, -0.25) is 13.8 Å². The molecular weight excluding hydrogens is 770 g/mol. The lowest BCUT2D eigenvalue weighted by Crippen LogP contribution is -2.28. The fourth-order valence-corrected chi connectivity index (χ4v) is 6.34. The van der Waals surface area contributed by atoms with Gasteiger partial charge in [0.05, 0.1) is 19.8 Å². The van der Waals surface area contributed by atoms with E-state index in [1.54, 1.807) is 0 Å². The van der Waals surface area contributed by atoms with Crippen LogP contribution in [0.5, 0.6) is 0 Å². The summed E-state index contributed by atoms with van der Waals surface area (Å²) in [6.45, 7) is 4.57. The Morgan fingerprint density at radius 3 is 1.32 bits per heavy atom. The molecule has 2 unspecified atom stereocenters. The van der Waals surface area contributed by atoms with Crippen LogP contribution in [0, 0.1) is 0 Å². The van der Waals surface area contributed by atoms with Gasteiger partial charge in [0, 0.05) is 19.6 Å². The highest BCUT2D eigenvalue weighted by Gasteiger charge is 2.25. The topological polar surface area (TPSA) is 117 Å². The van der Waals surface area contributed by atoms with Gasteiger partial charge in [0.1, 0.15) is 6.10 Å². The quantitative estimate of drug-likeness (QED) is 0.0270. The van der Waals surface area contributed by atoms with E-state index >= 15 is 0 Å². The predicted molar refractivity (Wildman–Crippen MR) is 256 cm³/mol. The summed E-state index contributed by atoms with van der Waals surface area (Å²) in [7, 11) is -4.30. The largest absolute Gasteiger partial charge is 0.472 e. The van der Waals surface area contributed by atoms with Crippen LogP contribution in [0.1, 0.15) is 155 Å². The highest BCUT2D eigenvalue weighted by Crippen LogP contribution is 2.43. The van der Waals surface area contributed by atoms with E-state index in [1.165, 1.54) is 0 Å². The van der Waals surface area contributed by atoms with E-state index in [9.17, 15) is 14.3 Å². The highest BCUT2D eigenvalue weighted by molar-refractivity contribution is 7.47. The molecule has 60 heavy (non-hydrogen) atoms. The zero-order chi connectivity index (χ0) is 43.7. The van der Waals surface area contributed by atoms with Crippen molar-refractivity contribution >= 4 is 13.8 Å². The van der Waals surface area contributed by atoms with E-state index in [2.05, 4.69) is 135 Å². The number of esters is 1. The monoisotopic (exact) mass is 854 g/mol. The van der Waals surface area contributed by atoms with E-state index in [4.69, 9.17) is 24.3 Å². The van der Waals surface area contributed by atoms with E-state index in [-0.39, 0.29) is 38.8 Å². The summed E-state index contributed by atoms with van der Waals surface area (Å²) < 4.78 is 33.4. The van der Waals surface area contributed by atoms with Gasteiger partial charge in [0.2, 0.25) is 0 Å². The van der Waals surface area contributed by atoms with Gasteiger partial charge in [0.15, 0.2) is 0 Å². The molecule has 0 heterocycles. The maximum atomic E-state index is 12.6. The summed E-state index contributed by atoms with van der Waals surface area (Å²) in [4.78, 5) is 22.5. The van der Waals surface area contributed by atoms with Gasteiger partial charge in [0.25, 0.3) is 0 Å². The van der Waals surface area contributed by atoms with Crippen LogP contribution in [0.25, 0.3) is 0 Å². The minimum Gasteiger partial charge on any atom is -0.457 e. The Labute approximate surface area is 366 Å². The first-order valence-corrected chi connectivity index (χ1v) is 24.5. The van der Waals surface area contributed by atoms with Gasteiger partial charge in [-0.25, -0.2) is 4.57 Å². The van der Waals surface area contributed by atoms with Gasteiger partial charge in [-0.15, -0.1) is 0 Å². The number of carbonyl (C=O) groups excluding carboxylic acids is 1. The lowest BCUT2D eigenvalue weighted by molar-refractivity contribution is -0.154. The Hall–Kier alpha value is -3.10. The summed E-state index contributed by atoms with van der Waals surface area (Å²) in [6.07, 6.45) is 65.1. The third kappa shape index (κ3) is 46.0. The molecular formula is C51H84NO7P. The van der Waals surface area contributed by atoms with Gasteiger partial charge in [-0.2, -0.15) is 0 Å². The van der Waals surface area contributed by atoms with Crippen molar-refractivity contribution in [2.45, 2.75) is 161 Å². The van der Waals surface area contributed by atoms with Crippen LogP contribution in [0.3, 0.4) is 0 Å². The van der Waals surface area contributed by atoms with Crippen LogP contribution < -0.4 is 5.73 Å². The Morgan fingerprint density at radius 2 is 0.883 bits per heavy atom. The number of phosphoric acid groups is 1. The number of unbranched alkanes of at least 4 members (excludes halogenated alkanes) is 9. The summed E-state index contributed by atoms with van der Waals surface area (Å²) in [5.74, 6) is -0.363. The van der Waals surface area contributed by atoms with Crippen molar-refractivity contribution < 1.29 is 32.8 Å². The molecule has 0 radical (unpaired) electrons. The van der Waals surface area contributed by atoms with Crippen molar-refractivity contribution in [1.29, 1.82) is 0 Å². The molecule has 8 nitrogen and oxygen atoms in total. The fourth-order valence-electron chi connectivity index (χ4n) is 5.58. The van der Waals surface area contributed by atoms with E-state index in [0.717, 1.165) is 135 Å². The Balaban J connectivity index is 4.11. The molecule has 0 fully saturated rings. The molecule has 0 aliphatic carbocycles. The number of allylic oxidation sites excluding steroid dienone is 20. The second kappa shape index (κ2) is 47.0. The number of hydrogen-bond donors (Lipinski definition) is 2. The van der Waals surface area contributed by atoms with Gasteiger partial charge in [-0.05, 0) is 103 Å². The first kappa shape index (κ1) is 56.9. The third-order valence-corrected chi connectivity index (χ3v) is 9.86. The first-order chi connectivity index (χ1) is 29.4. The number of rotatable bonds is 42. The van der Waals surface area contributed by atoms with Crippen molar-refractivity contribution in [2.24, 2.45) is 5.73 Å². The molecule has 0 aromatic rings. The standard InChI is InChI=1S/C51H84NO7P/c1-3-5-7-9-11-13-15-17-19-20-21-22-23-24-25-26-27-28-29-31-33-35-37-39-41-43-46-56-48-50(49-58-60(54,55)57-47-45-52)59-51(53)44-42-40-38-36-34-32-30-18-16-14-12-10-8-6-4-2/h5-8,11-14,17-19,21-22,24-25,27-28,30-31,33,50H,3-4,9-10,15-16,20,23,26,29,32,34-49,52H2,1-2H3,(H,54,55)/b7-5-,8-6-,13-11-,14-12-,19-17-,22-21-,25-24-,28-27-,30-18-,33-31-. The molecule has 2 atom stereocenters. The Bertz CT molecular complexity index is 1320. The molecule has 9 heteroatoms. The van der Waals surface area contributed by atoms with E-state index in [0.29, 0.717) is 6.61 Å². The van der Waals surface area contributed by atoms with Crippen molar-refractivity contribution in [3.8, 4) is 0 Å². The predicted octanol–water partition coefficient (Wildman–Crippen LogP) is 14.2. The average Bonchev–Trinajstić information content (AvgIpc) is 3.24. The first-order valence-electron chi connectivity index (χ1n) is 23.0. The molecule has 0 bridgehead atoms. The van der Waals surface area contributed by atoms with Gasteiger partial charge < -0.3 is 20.1 Å². The zero-order valence-corrected chi connectivity index (χ0v) is 38.5. The van der Waals surface area contributed by atoms with Crippen LogP contribution in [-0.2, 0) is 27.9 Å². The summed E-state index contributed by atoms with van der Waals surface area (Å²) in [6, 6.07) is 0. The van der Waals surface area contributed by atoms with E-state index < -0.39 is 13.9 Å². The van der Waals surface area contributed by atoms with Gasteiger partial charge >= 0.3 is 13.8 Å². The molecule has 0 rings (SSSR count). The van der Waals surface area contributed by atoms with Crippen molar-refractivity contribution in [1.82, 2.24) is 0 Å². The van der Waals surface area contributed by atoms with Crippen LogP contribution >= 0.6 is 7.82 Å². The van der Waals surface area contributed by atoms with Crippen LogP contribution in [-0.4, -0.2) is 49.9 Å². The minimum absolute atomic E-state index is 0.0825. The molecule has 0 aliphatic rings. The minimum atomic E-state index is -4.30. The third-order valence-electron chi connectivity index (χ3n) is 8.87. The number of nitrogens with two attached hydrogens (primary N) is 1. The van der Waals surface area contributed by atoms with E-state index in [1.807, 2.05) is 0 Å². The number of ether oxygens (including phenoxy) is 2. The SMILES string of the molecule is CC/C=C\C/C=C\C/C=C\C/C=C\C/C=C\C/C=C\C/C=C\CCCCCCOCC(COP(=O)(O)OCCN)OC(=O)CCCCCCC/C=C\C/C=C\C/C=C\CC. The molecule has 0 saturated heterocycles.